The Bertz CT molecular complexity index is 1750. The summed E-state index contributed by atoms with van der Waals surface area (Å²) in [6.45, 7) is 14.3. The molecule has 0 aromatic heterocycles. The van der Waals surface area contributed by atoms with Gasteiger partial charge in [0.05, 0.1) is 55.4 Å². The van der Waals surface area contributed by atoms with Crippen molar-refractivity contribution in [3.63, 3.8) is 0 Å². The van der Waals surface area contributed by atoms with E-state index in [0.29, 0.717) is 32.1 Å². The van der Waals surface area contributed by atoms with Crippen molar-refractivity contribution >= 4 is 0 Å². The minimum absolute atomic E-state index is 0.0266. The van der Waals surface area contributed by atoms with Crippen LogP contribution in [0.25, 0.3) is 0 Å². The summed E-state index contributed by atoms with van der Waals surface area (Å²) in [6, 6.07) is 0. The Morgan fingerprint density at radius 1 is 0.603 bits per heavy atom. The summed E-state index contributed by atoms with van der Waals surface area (Å²) >= 11 is 0. The van der Waals surface area contributed by atoms with Crippen LogP contribution in [-0.2, 0) is 33.2 Å². The molecule has 4 heterocycles. The minimum Gasteiger partial charge on any atom is -0.394 e. The van der Waals surface area contributed by atoms with Gasteiger partial charge in [-0.15, -0.1) is 0 Å². The number of fused-ring (bicyclic) bond motifs is 5. The number of hydrogen-bond acceptors (Lipinski definition) is 20. The highest BCUT2D eigenvalue weighted by atomic mass is 16.8. The maximum absolute atomic E-state index is 12.5. The van der Waals surface area contributed by atoms with E-state index in [4.69, 9.17) is 33.2 Å². The van der Waals surface area contributed by atoms with Gasteiger partial charge in [0.25, 0.3) is 0 Å². The van der Waals surface area contributed by atoms with Gasteiger partial charge in [-0.05, 0) is 117 Å². The Balaban J connectivity index is 1.15. The van der Waals surface area contributed by atoms with Gasteiger partial charge < -0.3 is 99.5 Å². The molecule has 4 saturated carbocycles. The predicted molar refractivity (Wildman–Crippen MR) is 234 cm³/mol. The first-order chi connectivity index (χ1) is 31.6. The topological polar surface area (TPSA) is 328 Å². The van der Waals surface area contributed by atoms with Crippen LogP contribution < -0.4 is 0 Å². The zero-order chi connectivity index (χ0) is 50.0. The fourth-order valence-electron chi connectivity index (χ4n) is 15.5. The first-order valence-electron chi connectivity index (χ1n) is 24.9. The average molecular weight is 979 g/mol. The molecule has 394 valence electrons. The highest BCUT2D eigenvalue weighted by molar-refractivity contribution is 5.22. The standard InChI is InChI=1S/C48H82O20/c1-43(2)27(52)10-12-45(5)26-15-21(51)29-20(48(8)14-11-28(68-48)44(3,4)61)9-13-46(29,6)47(26,7)16-22(39(43)45)63-42-38(67-41-37(60)34(57)31(54)24(18-50)65-41)35(58)32(55)25(66-42)19-62-40-36(59)33(56)30(53)23(17-49)64-40/h20-42,49-61H,9-19H2,1-8H3/t20?,21-,22+,23-,24-,25-,26-,27+,28+,29+,30-,31-,32-,33+,34+,35+,36-,37-,38-,39+,40+,41+,42-,45-,46-,47-,48+/m1/s1. The van der Waals surface area contributed by atoms with Crippen LogP contribution in [0.1, 0.15) is 107 Å². The molecular weight excluding hydrogens is 897 g/mol. The molecule has 1 unspecified atom stereocenters. The van der Waals surface area contributed by atoms with E-state index < -0.39 is 169 Å². The van der Waals surface area contributed by atoms with E-state index in [1.165, 1.54) is 0 Å². The Labute approximate surface area is 398 Å². The van der Waals surface area contributed by atoms with Gasteiger partial charge >= 0.3 is 0 Å². The van der Waals surface area contributed by atoms with Crippen molar-refractivity contribution in [1.82, 2.24) is 0 Å². The number of ether oxygens (including phenoxy) is 7. The molecule has 0 aromatic rings. The fraction of sp³-hybridized carbons (Fsp3) is 1.00. The summed E-state index contributed by atoms with van der Waals surface area (Å²) in [7, 11) is 0. The summed E-state index contributed by atoms with van der Waals surface area (Å²) in [5.74, 6) is -0.676. The predicted octanol–water partition coefficient (Wildman–Crippen LogP) is -1.84. The second-order valence-electron chi connectivity index (χ2n) is 24.1. The van der Waals surface area contributed by atoms with Crippen molar-refractivity contribution in [1.29, 1.82) is 0 Å². The van der Waals surface area contributed by atoms with Crippen LogP contribution in [0.15, 0.2) is 0 Å². The molecule has 4 saturated heterocycles. The van der Waals surface area contributed by atoms with Crippen LogP contribution in [0, 0.1) is 45.3 Å². The van der Waals surface area contributed by atoms with Crippen LogP contribution in [0.5, 0.6) is 0 Å². The zero-order valence-corrected chi connectivity index (χ0v) is 40.7. The van der Waals surface area contributed by atoms with Crippen molar-refractivity contribution in [3.05, 3.63) is 0 Å². The highest BCUT2D eigenvalue weighted by Crippen LogP contribution is 2.76. The van der Waals surface area contributed by atoms with E-state index in [1.807, 2.05) is 13.8 Å². The quantitative estimate of drug-likeness (QED) is 0.101. The van der Waals surface area contributed by atoms with Crippen LogP contribution >= 0.6 is 0 Å². The van der Waals surface area contributed by atoms with Crippen LogP contribution in [0.3, 0.4) is 0 Å². The van der Waals surface area contributed by atoms with Gasteiger partial charge in [-0.3, -0.25) is 0 Å². The molecule has 0 amide bonds. The Morgan fingerprint density at radius 3 is 1.76 bits per heavy atom. The third-order valence-electron chi connectivity index (χ3n) is 19.5. The van der Waals surface area contributed by atoms with Gasteiger partial charge in [-0.1, -0.05) is 34.6 Å². The normalized spacial score (nSPS) is 56.2. The third-order valence-corrected chi connectivity index (χ3v) is 19.5. The maximum Gasteiger partial charge on any atom is 0.187 e. The molecule has 8 rings (SSSR count). The third kappa shape index (κ3) is 8.56. The van der Waals surface area contributed by atoms with Crippen molar-refractivity contribution in [2.45, 2.75) is 234 Å². The monoisotopic (exact) mass is 979 g/mol. The van der Waals surface area contributed by atoms with E-state index in [2.05, 4.69) is 27.7 Å². The van der Waals surface area contributed by atoms with Crippen molar-refractivity contribution in [2.24, 2.45) is 45.3 Å². The Hall–Kier alpha value is -0.800. The van der Waals surface area contributed by atoms with Crippen molar-refractivity contribution < 1.29 is 99.5 Å². The van der Waals surface area contributed by atoms with Crippen molar-refractivity contribution in [2.75, 3.05) is 19.8 Å². The molecule has 0 spiro atoms. The Morgan fingerprint density at radius 2 is 1.18 bits per heavy atom. The first-order valence-corrected chi connectivity index (χ1v) is 24.9. The summed E-state index contributed by atoms with van der Waals surface area (Å²) < 4.78 is 43.7. The molecule has 0 aromatic carbocycles. The van der Waals surface area contributed by atoms with E-state index in [-0.39, 0.29) is 23.9 Å². The summed E-state index contributed by atoms with van der Waals surface area (Å²) in [5.41, 5.74) is -4.00. The zero-order valence-electron chi connectivity index (χ0n) is 40.7. The lowest BCUT2D eigenvalue weighted by atomic mass is 9.34. The first kappa shape index (κ1) is 53.5. The summed E-state index contributed by atoms with van der Waals surface area (Å²) in [6.07, 6.45) is -22.9. The smallest absolute Gasteiger partial charge is 0.187 e. The number of aliphatic hydroxyl groups excluding tert-OH is 12. The Kier molecular flexibility index (Phi) is 14.8. The molecule has 13 N–H and O–H groups in total. The summed E-state index contributed by atoms with van der Waals surface area (Å²) in [4.78, 5) is 0. The fourth-order valence-corrected chi connectivity index (χ4v) is 15.5. The summed E-state index contributed by atoms with van der Waals surface area (Å²) in [5, 5.41) is 143. The lowest BCUT2D eigenvalue weighted by Crippen LogP contribution is -2.71. The second kappa shape index (κ2) is 18.8. The van der Waals surface area contributed by atoms with Gasteiger partial charge in [0, 0.05) is 0 Å². The largest absolute Gasteiger partial charge is 0.394 e. The van der Waals surface area contributed by atoms with Gasteiger partial charge in [0.1, 0.15) is 73.2 Å². The van der Waals surface area contributed by atoms with Crippen LogP contribution in [-0.4, -0.2) is 214 Å². The van der Waals surface area contributed by atoms with Gasteiger partial charge in [0.2, 0.25) is 0 Å². The van der Waals surface area contributed by atoms with Crippen LogP contribution in [0.4, 0.5) is 0 Å². The van der Waals surface area contributed by atoms with E-state index in [9.17, 15) is 66.4 Å². The number of hydrogen-bond donors (Lipinski definition) is 13. The molecule has 8 aliphatic rings. The van der Waals surface area contributed by atoms with E-state index >= 15 is 0 Å². The molecule has 27 atom stereocenters. The lowest BCUT2D eigenvalue weighted by molar-refractivity contribution is -0.387. The average Bonchev–Trinajstić information content (AvgIpc) is 3.88. The lowest BCUT2D eigenvalue weighted by Gasteiger charge is -2.72. The minimum atomic E-state index is -1.90. The van der Waals surface area contributed by atoms with E-state index in [1.54, 1.807) is 13.8 Å². The molecule has 0 bridgehead atoms. The molecular formula is C48H82O20. The van der Waals surface area contributed by atoms with E-state index in [0.717, 1.165) is 19.3 Å². The van der Waals surface area contributed by atoms with Gasteiger partial charge in [-0.25, -0.2) is 0 Å². The van der Waals surface area contributed by atoms with Gasteiger partial charge in [-0.2, -0.15) is 0 Å². The molecule has 0 radical (unpaired) electrons. The number of rotatable bonds is 11. The molecule has 4 aliphatic heterocycles. The SMILES string of the molecule is CC(C)(O)[C@@H]1CC[C@@](C)(C2CC[C@]3(C)[C@@H]2[C@H](O)C[C@@H]2[C@@]4(C)CC[C@H](O)C(C)(C)[C@@H]4[C@@H](O[C@@H]4O[C@H](CO[C@H]5O[C@H](CO)[C@@H](O)[C@H](O)[C@H]5O)[C@@H](O)[C@H](O)[C@H]4O[C@@H]4O[C@H](CO)[C@@H](O)[C@H](O)[C@H]4O)C[C@]23C)O1. The second-order valence-corrected chi connectivity index (χ2v) is 24.1. The highest BCUT2D eigenvalue weighted by Gasteiger charge is 2.74. The van der Waals surface area contributed by atoms with Crippen molar-refractivity contribution in [3.8, 4) is 0 Å². The molecule has 68 heavy (non-hydrogen) atoms. The molecule has 8 fully saturated rings. The molecule has 20 heteroatoms. The maximum atomic E-state index is 12.5. The molecule has 20 nitrogen and oxygen atoms in total. The molecule has 4 aliphatic carbocycles. The van der Waals surface area contributed by atoms with Gasteiger partial charge in [0.15, 0.2) is 18.9 Å². The number of aliphatic hydroxyl groups is 13. The van der Waals surface area contributed by atoms with Crippen LogP contribution in [0.2, 0.25) is 0 Å².